The van der Waals surface area contributed by atoms with Crippen LogP contribution in [0.3, 0.4) is 0 Å². The van der Waals surface area contributed by atoms with Gasteiger partial charge in [0.05, 0.1) is 6.33 Å². The third-order valence-corrected chi connectivity index (χ3v) is 4.10. The van der Waals surface area contributed by atoms with Crippen LogP contribution in [0.15, 0.2) is 15.9 Å². The number of nitrogens with zero attached hydrogens (tertiary/aromatic N) is 4. The minimum atomic E-state index is -1.18. The first-order valence-corrected chi connectivity index (χ1v) is 7.20. The minimum Gasteiger partial charge on any atom is -0.370 e. The van der Waals surface area contributed by atoms with Crippen LogP contribution in [-0.2, 0) is 29.4 Å². The van der Waals surface area contributed by atoms with Crippen molar-refractivity contribution >= 4 is 17.1 Å². The molecule has 0 saturated heterocycles. The van der Waals surface area contributed by atoms with Gasteiger partial charge in [-0.25, -0.2) is 14.3 Å². The number of carbonyl (C=O) groups is 1. The number of ether oxygens (including phenoxy) is 1. The van der Waals surface area contributed by atoms with Crippen LogP contribution in [0.25, 0.3) is 11.2 Å². The molecule has 0 bridgehead atoms. The molecule has 0 radical (unpaired) electrons. The molecule has 2 aromatic rings. The third-order valence-electron chi connectivity index (χ3n) is 4.10. The van der Waals surface area contributed by atoms with Gasteiger partial charge in [0.15, 0.2) is 11.2 Å². The maximum absolute atomic E-state index is 12.8. The average molecular weight is 323 g/mol. The molecule has 0 spiro atoms. The molecule has 0 fully saturated rings. The number of aromatic nitrogens is 4. The number of carbonyl (C=O) groups excluding carboxylic acids is 1. The monoisotopic (exact) mass is 323 g/mol. The number of hydrogen-bond acceptors (Lipinski definition) is 5. The number of fused-ring (bicyclic) bond motifs is 1. The largest absolute Gasteiger partial charge is 0.370 e. The van der Waals surface area contributed by atoms with Crippen molar-refractivity contribution in [3.63, 3.8) is 0 Å². The molecule has 0 aliphatic carbocycles. The van der Waals surface area contributed by atoms with Crippen LogP contribution in [0.2, 0.25) is 0 Å². The number of aryl methyl sites for hydroxylation is 2. The number of rotatable bonds is 6. The highest BCUT2D eigenvalue weighted by Crippen LogP contribution is 2.21. The van der Waals surface area contributed by atoms with Crippen LogP contribution in [0.1, 0.15) is 26.2 Å². The predicted molar refractivity (Wildman–Crippen MR) is 83.9 cm³/mol. The molecule has 1 amide bonds. The molecular weight excluding hydrogens is 302 g/mol. The Kier molecular flexibility index (Phi) is 4.42. The standard InChI is InChI=1S/C14H21N5O4/c1-14(23-4,7-5-6-9(15)20)19-12(21)10-11(16-8-17(10)2)18(3)13(19)22/h8H,5-7H2,1-4H3,(H2,15,20). The van der Waals surface area contributed by atoms with E-state index in [1.54, 1.807) is 25.6 Å². The molecule has 0 saturated carbocycles. The van der Waals surface area contributed by atoms with Crippen molar-refractivity contribution in [2.45, 2.75) is 31.9 Å². The zero-order valence-corrected chi connectivity index (χ0v) is 13.7. The Hall–Kier alpha value is -2.42. The van der Waals surface area contributed by atoms with Gasteiger partial charge >= 0.3 is 5.69 Å². The van der Waals surface area contributed by atoms with E-state index >= 15 is 0 Å². The van der Waals surface area contributed by atoms with E-state index in [0.717, 1.165) is 4.57 Å². The fourth-order valence-corrected chi connectivity index (χ4v) is 2.66. The Labute approximate surface area is 132 Å². The Bertz CT molecular complexity index is 862. The molecule has 0 aromatic carbocycles. The molecule has 9 heteroatoms. The average Bonchev–Trinajstić information content (AvgIpc) is 2.87. The van der Waals surface area contributed by atoms with Crippen LogP contribution in [0.5, 0.6) is 0 Å². The molecular formula is C14H21N5O4. The molecule has 9 nitrogen and oxygen atoms in total. The zero-order valence-electron chi connectivity index (χ0n) is 13.7. The van der Waals surface area contributed by atoms with Crippen LogP contribution < -0.4 is 17.0 Å². The minimum absolute atomic E-state index is 0.155. The number of nitrogens with two attached hydrogens (primary N) is 1. The second kappa shape index (κ2) is 5.99. The van der Waals surface area contributed by atoms with Gasteiger partial charge < -0.3 is 15.0 Å². The predicted octanol–water partition coefficient (Wildman–Crippen LogP) is -0.592. The van der Waals surface area contributed by atoms with Gasteiger partial charge in [0.25, 0.3) is 5.56 Å². The normalized spacial score (nSPS) is 14.1. The van der Waals surface area contributed by atoms with E-state index in [1.807, 2.05) is 0 Å². The van der Waals surface area contributed by atoms with Gasteiger partial charge in [0.2, 0.25) is 5.91 Å². The van der Waals surface area contributed by atoms with Gasteiger partial charge in [-0.05, 0) is 19.8 Å². The first-order valence-electron chi connectivity index (χ1n) is 7.20. The van der Waals surface area contributed by atoms with Crippen LogP contribution in [0, 0.1) is 0 Å². The molecule has 23 heavy (non-hydrogen) atoms. The summed E-state index contributed by atoms with van der Waals surface area (Å²) < 4.78 is 9.39. The fraction of sp³-hybridized carbons (Fsp3) is 0.571. The summed E-state index contributed by atoms with van der Waals surface area (Å²) in [7, 11) is 4.65. The van der Waals surface area contributed by atoms with E-state index in [-0.39, 0.29) is 6.42 Å². The van der Waals surface area contributed by atoms with Crippen molar-refractivity contribution in [1.82, 2.24) is 18.7 Å². The van der Waals surface area contributed by atoms with E-state index in [9.17, 15) is 14.4 Å². The third kappa shape index (κ3) is 2.79. The molecule has 1 atom stereocenters. The van der Waals surface area contributed by atoms with Crippen molar-refractivity contribution in [2.24, 2.45) is 19.8 Å². The summed E-state index contributed by atoms with van der Waals surface area (Å²) in [6, 6.07) is 0. The van der Waals surface area contributed by atoms with Crippen molar-refractivity contribution < 1.29 is 9.53 Å². The lowest BCUT2D eigenvalue weighted by molar-refractivity contribution is -0.119. The topological polar surface area (TPSA) is 114 Å². The zero-order chi connectivity index (χ0) is 17.4. The number of primary amides is 1. The van der Waals surface area contributed by atoms with E-state index in [2.05, 4.69) is 4.98 Å². The number of methoxy groups -OCH3 is 1. The first-order chi connectivity index (χ1) is 10.7. The summed E-state index contributed by atoms with van der Waals surface area (Å²) in [5, 5.41) is 0. The smallest absolute Gasteiger partial charge is 0.334 e. The second-order valence-electron chi connectivity index (χ2n) is 5.71. The van der Waals surface area contributed by atoms with Gasteiger partial charge in [0.1, 0.15) is 5.72 Å². The van der Waals surface area contributed by atoms with E-state index in [1.165, 1.54) is 18.0 Å². The van der Waals surface area contributed by atoms with E-state index in [4.69, 9.17) is 10.5 Å². The summed E-state index contributed by atoms with van der Waals surface area (Å²) in [5.74, 6) is -0.439. The lowest BCUT2D eigenvalue weighted by Gasteiger charge is -2.30. The highest BCUT2D eigenvalue weighted by atomic mass is 16.5. The van der Waals surface area contributed by atoms with Gasteiger partial charge in [0, 0.05) is 27.6 Å². The second-order valence-corrected chi connectivity index (χ2v) is 5.71. The van der Waals surface area contributed by atoms with Crippen molar-refractivity contribution in [3.8, 4) is 0 Å². The van der Waals surface area contributed by atoms with Crippen LogP contribution >= 0.6 is 0 Å². The summed E-state index contributed by atoms with van der Waals surface area (Å²) in [4.78, 5) is 40.4. The fourth-order valence-electron chi connectivity index (χ4n) is 2.66. The summed E-state index contributed by atoms with van der Waals surface area (Å²) in [6.07, 6.45) is 2.33. The van der Waals surface area contributed by atoms with Gasteiger partial charge in [-0.1, -0.05) is 0 Å². The maximum Gasteiger partial charge on any atom is 0.334 e. The summed E-state index contributed by atoms with van der Waals surface area (Å²) in [6.45, 7) is 1.64. The van der Waals surface area contributed by atoms with Gasteiger partial charge in [-0.3, -0.25) is 14.2 Å². The van der Waals surface area contributed by atoms with Crippen LogP contribution in [-0.4, -0.2) is 31.7 Å². The molecule has 1 unspecified atom stereocenters. The molecule has 126 valence electrons. The highest BCUT2D eigenvalue weighted by Gasteiger charge is 2.31. The molecule has 2 heterocycles. The summed E-state index contributed by atoms with van der Waals surface area (Å²) >= 11 is 0. The molecule has 2 aromatic heterocycles. The SMILES string of the molecule is COC(C)(CCCC(N)=O)n1c(=O)c2c(ncn2C)n(C)c1=O. The van der Waals surface area contributed by atoms with Gasteiger partial charge in [-0.2, -0.15) is 0 Å². The molecule has 2 N–H and O–H groups in total. The Morgan fingerprint density at radius 3 is 2.61 bits per heavy atom. The number of hydrogen-bond donors (Lipinski definition) is 1. The van der Waals surface area contributed by atoms with Gasteiger partial charge in [-0.15, -0.1) is 0 Å². The van der Waals surface area contributed by atoms with Crippen molar-refractivity contribution in [1.29, 1.82) is 0 Å². The molecule has 0 aliphatic heterocycles. The number of imidazole rings is 1. The maximum atomic E-state index is 12.8. The first kappa shape index (κ1) is 16.9. The molecule has 2 rings (SSSR count). The number of amides is 1. The van der Waals surface area contributed by atoms with Crippen LogP contribution in [0.4, 0.5) is 0 Å². The quantitative estimate of drug-likeness (QED) is 0.763. The lowest BCUT2D eigenvalue weighted by atomic mass is 10.1. The Morgan fingerprint density at radius 2 is 2.04 bits per heavy atom. The Morgan fingerprint density at radius 1 is 1.39 bits per heavy atom. The molecule has 0 aliphatic rings. The Balaban J connectivity index is 2.65. The van der Waals surface area contributed by atoms with Crippen molar-refractivity contribution in [2.75, 3.05) is 7.11 Å². The van der Waals surface area contributed by atoms with Crippen molar-refractivity contribution in [3.05, 3.63) is 27.2 Å². The van der Waals surface area contributed by atoms with E-state index < -0.39 is 22.9 Å². The van der Waals surface area contributed by atoms with E-state index in [0.29, 0.717) is 24.0 Å². The lowest BCUT2D eigenvalue weighted by Crippen LogP contribution is -2.51. The highest BCUT2D eigenvalue weighted by molar-refractivity contribution is 5.73. The summed E-state index contributed by atoms with van der Waals surface area (Å²) in [5.41, 5.74) is 3.58.